The molecule has 194 valence electrons. The van der Waals surface area contributed by atoms with Crippen molar-refractivity contribution < 1.29 is 23.6 Å². The topological polar surface area (TPSA) is 161 Å². The number of amides is 2. The quantitative estimate of drug-likeness (QED) is 0.205. The number of likely N-dealkylation sites (tertiary alicyclic amines) is 1. The van der Waals surface area contributed by atoms with Gasteiger partial charge in [0, 0.05) is 30.8 Å². The third-order valence-corrected chi connectivity index (χ3v) is 6.79. The molecule has 2 rings (SSSR count). The molecule has 5 N–H and O–H groups in total. The number of halogens is 1. The zero-order valence-corrected chi connectivity index (χ0v) is 21.3. The maximum Gasteiger partial charge on any atom is 0.271 e. The fraction of sp³-hybridized carbons (Fsp3) is 0.652. The van der Waals surface area contributed by atoms with Crippen molar-refractivity contribution >= 4 is 40.7 Å². The number of carbonyl (C=O) groups is 4. The van der Waals surface area contributed by atoms with Gasteiger partial charge in [0.2, 0.25) is 5.91 Å². The fourth-order valence-corrected chi connectivity index (χ4v) is 4.74. The molecule has 0 aliphatic carbocycles. The van der Waals surface area contributed by atoms with Crippen LogP contribution >= 0.6 is 11.3 Å². The average molecular weight is 511 g/mol. The summed E-state index contributed by atoms with van der Waals surface area (Å²) in [5, 5.41) is 5.13. The van der Waals surface area contributed by atoms with Crippen molar-refractivity contribution in [3.05, 3.63) is 16.1 Å². The van der Waals surface area contributed by atoms with Crippen LogP contribution < -0.4 is 16.8 Å². The Morgan fingerprint density at radius 3 is 2.60 bits per heavy atom. The second-order valence-corrected chi connectivity index (χ2v) is 10.1. The van der Waals surface area contributed by atoms with Crippen molar-refractivity contribution in [3.63, 3.8) is 0 Å². The molecule has 0 bridgehead atoms. The molecule has 0 radical (unpaired) electrons. The number of aryl methyl sites for hydroxylation is 1. The SMILES string of the molecule is Cc1nc(C(=O)N[C@H](C(=O)N2CCC[C@H]2C(=O)C[C@@H](CCCN=C(N)N)C(=O)CF)C(C)C)cs1. The molecule has 0 spiro atoms. The van der Waals surface area contributed by atoms with E-state index in [1.54, 1.807) is 12.3 Å². The van der Waals surface area contributed by atoms with Gasteiger partial charge in [-0.05, 0) is 38.5 Å². The normalized spacial score (nSPS) is 17.2. The molecule has 0 aromatic carbocycles. The van der Waals surface area contributed by atoms with Gasteiger partial charge < -0.3 is 21.7 Å². The van der Waals surface area contributed by atoms with Gasteiger partial charge in [0.1, 0.15) is 18.4 Å². The minimum atomic E-state index is -1.16. The highest BCUT2D eigenvalue weighted by Gasteiger charge is 2.39. The molecule has 35 heavy (non-hydrogen) atoms. The lowest BCUT2D eigenvalue weighted by molar-refractivity contribution is -0.140. The van der Waals surface area contributed by atoms with Crippen molar-refractivity contribution in [2.75, 3.05) is 19.8 Å². The predicted octanol–water partition coefficient (Wildman–Crippen LogP) is 1.36. The minimum Gasteiger partial charge on any atom is -0.370 e. The van der Waals surface area contributed by atoms with Crippen LogP contribution in [0.2, 0.25) is 0 Å². The van der Waals surface area contributed by atoms with E-state index in [-0.39, 0.29) is 48.6 Å². The number of nitrogens with zero attached hydrogens (tertiary/aromatic N) is 3. The van der Waals surface area contributed by atoms with Crippen LogP contribution in [0.1, 0.15) is 61.4 Å². The highest BCUT2D eigenvalue weighted by atomic mass is 32.1. The maximum absolute atomic E-state index is 13.4. The van der Waals surface area contributed by atoms with E-state index in [1.807, 2.05) is 13.8 Å². The van der Waals surface area contributed by atoms with E-state index >= 15 is 0 Å². The predicted molar refractivity (Wildman–Crippen MR) is 132 cm³/mol. The lowest BCUT2D eigenvalue weighted by Gasteiger charge is -2.31. The molecule has 1 fully saturated rings. The highest BCUT2D eigenvalue weighted by molar-refractivity contribution is 7.09. The standard InChI is InChI=1S/C23H35FN6O4S/c1-13(2)20(29-21(33)16-12-35-14(3)28-16)22(34)30-9-5-7-17(30)18(31)10-15(19(32)11-24)6-4-8-27-23(25)26/h12-13,15,17,20H,4-11H2,1-3H3,(H,29,33)(H4,25,26,27)/t15-,17+,20+/m1/s1. The maximum atomic E-state index is 13.4. The molecule has 1 aliphatic rings. The number of aliphatic imine (C=N–C) groups is 1. The molecule has 1 aliphatic heterocycles. The first-order valence-corrected chi connectivity index (χ1v) is 12.6. The Balaban J connectivity index is 2.08. The molecule has 1 aromatic heterocycles. The molecular formula is C23H35FN6O4S. The van der Waals surface area contributed by atoms with Crippen LogP contribution in [0, 0.1) is 18.8 Å². The van der Waals surface area contributed by atoms with E-state index in [1.165, 1.54) is 16.2 Å². The van der Waals surface area contributed by atoms with Crippen molar-refractivity contribution in [2.45, 2.75) is 65.0 Å². The summed E-state index contributed by atoms with van der Waals surface area (Å²) in [5.74, 6) is -2.83. The Kier molecular flexibility index (Phi) is 10.7. The number of rotatable bonds is 13. The van der Waals surface area contributed by atoms with Crippen LogP contribution in [0.3, 0.4) is 0 Å². The average Bonchev–Trinajstić information content (AvgIpc) is 3.47. The van der Waals surface area contributed by atoms with Crippen LogP contribution in [-0.4, -0.2) is 71.1 Å². The third kappa shape index (κ3) is 8.08. The number of Topliss-reactive ketones (excluding diaryl/α,β-unsaturated/α-hetero) is 2. The van der Waals surface area contributed by atoms with E-state index in [0.717, 1.165) is 5.01 Å². The summed E-state index contributed by atoms with van der Waals surface area (Å²) in [4.78, 5) is 60.8. The smallest absolute Gasteiger partial charge is 0.271 e. The van der Waals surface area contributed by atoms with E-state index in [0.29, 0.717) is 25.8 Å². The summed E-state index contributed by atoms with van der Waals surface area (Å²) in [7, 11) is 0. The summed E-state index contributed by atoms with van der Waals surface area (Å²) >= 11 is 1.34. The van der Waals surface area contributed by atoms with E-state index in [4.69, 9.17) is 11.5 Å². The van der Waals surface area contributed by atoms with Gasteiger partial charge in [-0.3, -0.25) is 24.2 Å². The van der Waals surface area contributed by atoms with Gasteiger partial charge in [0.15, 0.2) is 17.5 Å². The largest absolute Gasteiger partial charge is 0.370 e. The van der Waals surface area contributed by atoms with Crippen LogP contribution in [0.4, 0.5) is 4.39 Å². The molecule has 0 saturated carbocycles. The van der Waals surface area contributed by atoms with Gasteiger partial charge >= 0.3 is 0 Å². The number of thiazole rings is 1. The number of aromatic nitrogens is 1. The number of hydrogen-bond donors (Lipinski definition) is 3. The number of alkyl halides is 1. The third-order valence-electron chi connectivity index (χ3n) is 6.02. The van der Waals surface area contributed by atoms with Crippen LogP contribution in [0.15, 0.2) is 10.4 Å². The zero-order chi connectivity index (χ0) is 26.1. The first kappa shape index (κ1) is 28.3. The van der Waals surface area contributed by atoms with Gasteiger partial charge in [-0.2, -0.15) is 0 Å². The Bertz CT molecular complexity index is 946. The van der Waals surface area contributed by atoms with Crippen molar-refractivity contribution in [2.24, 2.45) is 28.3 Å². The number of hydrogen-bond acceptors (Lipinski definition) is 7. The molecule has 0 unspecified atom stereocenters. The molecule has 2 heterocycles. The van der Waals surface area contributed by atoms with Gasteiger partial charge in [0.25, 0.3) is 5.91 Å². The monoisotopic (exact) mass is 510 g/mol. The van der Waals surface area contributed by atoms with Crippen molar-refractivity contribution in [1.29, 1.82) is 0 Å². The number of nitrogens with one attached hydrogen (secondary N) is 1. The summed E-state index contributed by atoms with van der Waals surface area (Å²) in [6.45, 7) is 4.90. The highest BCUT2D eigenvalue weighted by Crippen LogP contribution is 2.25. The summed E-state index contributed by atoms with van der Waals surface area (Å²) < 4.78 is 13.1. The lowest BCUT2D eigenvalue weighted by Crippen LogP contribution is -2.54. The molecule has 1 saturated heterocycles. The summed E-state index contributed by atoms with van der Waals surface area (Å²) in [6.07, 6.45) is 1.61. The summed E-state index contributed by atoms with van der Waals surface area (Å²) in [5.41, 5.74) is 10.8. The van der Waals surface area contributed by atoms with Gasteiger partial charge in [-0.15, -0.1) is 11.3 Å². The molecule has 2 amide bonds. The molecule has 3 atom stereocenters. The van der Waals surface area contributed by atoms with E-state index in [9.17, 15) is 23.6 Å². The number of carbonyl (C=O) groups excluding carboxylic acids is 4. The van der Waals surface area contributed by atoms with E-state index < -0.39 is 36.4 Å². The Morgan fingerprint density at radius 2 is 2.03 bits per heavy atom. The molecular weight excluding hydrogens is 475 g/mol. The van der Waals surface area contributed by atoms with Crippen molar-refractivity contribution in [3.8, 4) is 0 Å². The number of nitrogens with two attached hydrogens (primary N) is 2. The molecule has 12 heteroatoms. The first-order valence-electron chi connectivity index (χ1n) is 11.7. The first-order chi connectivity index (χ1) is 16.5. The van der Waals surface area contributed by atoms with Crippen LogP contribution in [0.25, 0.3) is 0 Å². The second kappa shape index (κ2) is 13.3. The van der Waals surface area contributed by atoms with Crippen molar-refractivity contribution in [1.82, 2.24) is 15.2 Å². The summed E-state index contributed by atoms with van der Waals surface area (Å²) in [6, 6.07) is -1.55. The van der Waals surface area contributed by atoms with E-state index in [2.05, 4.69) is 15.3 Å². The van der Waals surface area contributed by atoms with Crippen LogP contribution in [0.5, 0.6) is 0 Å². The van der Waals surface area contributed by atoms with Gasteiger partial charge in [-0.1, -0.05) is 13.8 Å². The van der Waals surface area contributed by atoms with Crippen LogP contribution in [-0.2, 0) is 14.4 Å². The minimum absolute atomic E-state index is 0.0775. The zero-order valence-electron chi connectivity index (χ0n) is 20.5. The molecule has 1 aromatic rings. The van der Waals surface area contributed by atoms with Gasteiger partial charge in [-0.25, -0.2) is 9.37 Å². The van der Waals surface area contributed by atoms with Gasteiger partial charge in [0.05, 0.1) is 11.0 Å². The number of ketones is 2. The molecule has 10 nitrogen and oxygen atoms in total. The Morgan fingerprint density at radius 1 is 1.31 bits per heavy atom. The second-order valence-electron chi connectivity index (χ2n) is 9.05. The Labute approximate surface area is 208 Å². The number of guanidine groups is 1. The fourth-order valence-electron chi connectivity index (χ4n) is 4.15. The Hall–Kier alpha value is -2.89. The lowest BCUT2D eigenvalue weighted by atomic mass is 9.90.